The average Bonchev–Trinajstić information content (AvgIpc) is 2.50. The van der Waals surface area contributed by atoms with Crippen molar-refractivity contribution in [2.75, 3.05) is 27.7 Å². The standard InChI is InChI=1S/C21H35NO4/c1-5-6-7-8-9-10-11-12-13-14-15-16-21(25)26-19(17-20(23)24)18-22(2,3)4/h9-14,19H,5-8,15-18H2,1-4H3/p+1/b10-9+,12-11+,14-13+. The van der Waals surface area contributed by atoms with Gasteiger partial charge in [-0.1, -0.05) is 56.2 Å². The zero-order valence-electron chi connectivity index (χ0n) is 16.8. The molecule has 0 radical (unpaired) electrons. The van der Waals surface area contributed by atoms with E-state index in [0.29, 0.717) is 17.4 Å². The quantitative estimate of drug-likeness (QED) is 0.217. The molecule has 0 bridgehead atoms. The van der Waals surface area contributed by atoms with Crippen LogP contribution in [0.15, 0.2) is 36.5 Å². The Balaban J connectivity index is 4.09. The van der Waals surface area contributed by atoms with Gasteiger partial charge in [0.05, 0.1) is 27.6 Å². The van der Waals surface area contributed by atoms with Crippen LogP contribution in [0, 0.1) is 0 Å². The first-order valence-corrected chi connectivity index (χ1v) is 9.44. The monoisotopic (exact) mass is 366 g/mol. The van der Waals surface area contributed by atoms with E-state index in [2.05, 4.69) is 13.0 Å². The summed E-state index contributed by atoms with van der Waals surface area (Å²) in [4.78, 5) is 22.8. The summed E-state index contributed by atoms with van der Waals surface area (Å²) in [5.74, 6) is -1.31. The second-order valence-electron chi connectivity index (χ2n) is 7.46. The largest absolute Gasteiger partial charge is 0.481 e. The lowest BCUT2D eigenvalue weighted by Crippen LogP contribution is -2.43. The summed E-state index contributed by atoms with van der Waals surface area (Å²) >= 11 is 0. The highest BCUT2D eigenvalue weighted by atomic mass is 16.5. The number of hydrogen-bond acceptors (Lipinski definition) is 3. The van der Waals surface area contributed by atoms with Gasteiger partial charge >= 0.3 is 11.9 Å². The predicted octanol–water partition coefficient (Wildman–Crippen LogP) is 4.11. The van der Waals surface area contributed by atoms with E-state index < -0.39 is 12.1 Å². The topological polar surface area (TPSA) is 63.6 Å². The summed E-state index contributed by atoms with van der Waals surface area (Å²) in [5, 5.41) is 8.95. The minimum Gasteiger partial charge on any atom is -0.481 e. The van der Waals surface area contributed by atoms with Crippen molar-refractivity contribution in [3.63, 3.8) is 0 Å². The van der Waals surface area contributed by atoms with E-state index in [0.717, 1.165) is 6.42 Å². The van der Waals surface area contributed by atoms with Gasteiger partial charge in [0, 0.05) is 6.42 Å². The number of nitrogens with zero attached hydrogens (tertiary/aromatic N) is 1. The highest BCUT2D eigenvalue weighted by molar-refractivity contribution is 5.71. The molecule has 0 amide bonds. The van der Waals surface area contributed by atoms with E-state index >= 15 is 0 Å². The number of aliphatic carboxylic acids is 1. The zero-order valence-corrected chi connectivity index (χ0v) is 16.8. The molecule has 0 saturated carbocycles. The Hall–Kier alpha value is -1.88. The van der Waals surface area contributed by atoms with E-state index in [9.17, 15) is 9.59 Å². The smallest absolute Gasteiger partial charge is 0.307 e. The lowest BCUT2D eigenvalue weighted by atomic mass is 10.2. The van der Waals surface area contributed by atoms with Gasteiger partial charge in [-0.25, -0.2) is 0 Å². The number of esters is 1. The molecular formula is C21H36NO4+. The van der Waals surface area contributed by atoms with Crippen LogP contribution in [0.2, 0.25) is 0 Å². The number of hydrogen-bond donors (Lipinski definition) is 1. The first-order chi connectivity index (χ1) is 12.2. The average molecular weight is 367 g/mol. The van der Waals surface area contributed by atoms with Crippen molar-refractivity contribution >= 4 is 11.9 Å². The molecule has 0 aromatic rings. The highest BCUT2D eigenvalue weighted by Crippen LogP contribution is 2.07. The van der Waals surface area contributed by atoms with Crippen LogP contribution in [-0.4, -0.2) is 55.3 Å². The van der Waals surface area contributed by atoms with Crippen LogP contribution in [0.1, 0.15) is 51.9 Å². The van der Waals surface area contributed by atoms with E-state index in [4.69, 9.17) is 9.84 Å². The molecule has 0 aliphatic carbocycles. The Bertz CT molecular complexity index is 487. The van der Waals surface area contributed by atoms with Gasteiger partial charge in [0.15, 0.2) is 6.10 Å². The fourth-order valence-electron chi connectivity index (χ4n) is 2.39. The number of carbonyl (C=O) groups is 2. The lowest BCUT2D eigenvalue weighted by molar-refractivity contribution is -0.873. The van der Waals surface area contributed by atoms with Gasteiger partial charge in [0.1, 0.15) is 6.54 Å². The third kappa shape index (κ3) is 17.0. The molecule has 5 nitrogen and oxygen atoms in total. The zero-order chi connectivity index (χ0) is 19.8. The molecule has 0 spiro atoms. The van der Waals surface area contributed by atoms with Gasteiger partial charge in [-0.3, -0.25) is 9.59 Å². The number of unbranched alkanes of at least 4 members (excludes halogenated alkanes) is 3. The van der Waals surface area contributed by atoms with Gasteiger partial charge in [-0.15, -0.1) is 0 Å². The van der Waals surface area contributed by atoms with Crippen molar-refractivity contribution in [2.24, 2.45) is 0 Å². The van der Waals surface area contributed by atoms with Crippen LogP contribution in [0.3, 0.4) is 0 Å². The molecule has 0 fully saturated rings. The summed E-state index contributed by atoms with van der Waals surface area (Å²) in [6, 6.07) is 0. The van der Waals surface area contributed by atoms with E-state index in [1.807, 2.05) is 51.5 Å². The molecular weight excluding hydrogens is 330 g/mol. The van der Waals surface area contributed by atoms with Crippen molar-refractivity contribution < 1.29 is 23.9 Å². The van der Waals surface area contributed by atoms with Crippen molar-refractivity contribution in [3.05, 3.63) is 36.5 Å². The molecule has 1 unspecified atom stereocenters. The summed E-state index contributed by atoms with van der Waals surface area (Å²) in [6.07, 6.45) is 16.9. The van der Waals surface area contributed by atoms with E-state index in [-0.39, 0.29) is 18.8 Å². The van der Waals surface area contributed by atoms with Crippen LogP contribution < -0.4 is 0 Å². The van der Waals surface area contributed by atoms with Crippen molar-refractivity contribution in [1.29, 1.82) is 0 Å². The number of allylic oxidation sites excluding steroid dienone is 6. The number of ether oxygens (including phenoxy) is 1. The molecule has 148 valence electrons. The summed E-state index contributed by atoms with van der Waals surface area (Å²) in [6.45, 7) is 2.67. The fourth-order valence-corrected chi connectivity index (χ4v) is 2.39. The Morgan fingerprint density at radius 2 is 1.62 bits per heavy atom. The minimum absolute atomic E-state index is 0.162. The Morgan fingerprint density at radius 3 is 2.15 bits per heavy atom. The van der Waals surface area contributed by atoms with Gasteiger partial charge in [-0.05, 0) is 19.3 Å². The molecule has 1 atom stereocenters. The number of carboxylic acid groups (broad SMARTS) is 1. The van der Waals surface area contributed by atoms with E-state index in [1.165, 1.54) is 19.3 Å². The fraction of sp³-hybridized carbons (Fsp3) is 0.619. The van der Waals surface area contributed by atoms with Crippen LogP contribution in [0.25, 0.3) is 0 Å². The molecule has 26 heavy (non-hydrogen) atoms. The Kier molecular flexibility index (Phi) is 13.3. The molecule has 0 heterocycles. The molecule has 0 aliphatic heterocycles. The predicted molar refractivity (Wildman–Crippen MR) is 106 cm³/mol. The molecule has 0 aromatic heterocycles. The van der Waals surface area contributed by atoms with Gasteiger partial charge in [0.2, 0.25) is 0 Å². The Labute approximate surface area is 158 Å². The summed E-state index contributed by atoms with van der Waals surface area (Å²) in [7, 11) is 5.82. The number of carboxylic acids is 1. The number of carbonyl (C=O) groups excluding carboxylic acids is 1. The van der Waals surface area contributed by atoms with Gasteiger partial charge < -0.3 is 14.3 Å². The van der Waals surface area contributed by atoms with Gasteiger partial charge in [-0.2, -0.15) is 0 Å². The van der Waals surface area contributed by atoms with Crippen LogP contribution in [0.5, 0.6) is 0 Å². The molecule has 0 aromatic carbocycles. The van der Waals surface area contributed by atoms with Crippen LogP contribution >= 0.6 is 0 Å². The van der Waals surface area contributed by atoms with Crippen LogP contribution in [-0.2, 0) is 14.3 Å². The van der Waals surface area contributed by atoms with Crippen LogP contribution in [0.4, 0.5) is 0 Å². The molecule has 0 saturated heterocycles. The number of rotatable bonds is 14. The maximum absolute atomic E-state index is 11.9. The normalized spacial score (nSPS) is 13.7. The Morgan fingerprint density at radius 1 is 1.00 bits per heavy atom. The third-order valence-electron chi connectivity index (χ3n) is 3.55. The molecule has 0 rings (SSSR count). The van der Waals surface area contributed by atoms with Crippen molar-refractivity contribution in [1.82, 2.24) is 0 Å². The molecule has 5 heteroatoms. The maximum Gasteiger partial charge on any atom is 0.307 e. The summed E-state index contributed by atoms with van der Waals surface area (Å²) < 4.78 is 5.87. The van der Waals surface area contributed by atoms with Gasteiger partial charge in [0.25, 0.3) is 0 Å². The first kappa shape index (κ1) is 24.1. The first-order valence-electron chi connectivity index (χ1n) is 9.44. The van der Waals surface area contributed by atoms with Crippen molar-refractivity contribution in [2.45, 2.75) is 58.0 Å². The SMILES string of the molecule is CCCCC/C=C/C=C/C=C/CCC(=O)OC(CC(=O)O)C[N+](C)(C)C. The number of quaternary nitrogens is 1. The molecule has 1 N–H and O–H groups in total. The highest BCUT2D eigenvalue weighted by Gasteiger charge is 2.24. The third-order valence-corrected chi connectivity index (χ3v) is 3.55. The van der Waals surface area contributed by atoms with Crippen molar-refractivity contribution in [3.8, 4) is 0 Å². The minimum atomic E-state index is -0.955. The summed E-state index contributed by atoms with van der Waals surface area (Å²) in [5.41, 5.74) is 0. The second kappa shape index (κ2) is 14.3. The number of likely N-dealkylation sites (N-methyl/N-ethyl adjacent to an activating group) is 1. The maximum atomic E-state index is 11.9. The lowest BCUT2D eigenvalue weighted by Gasteiger charge is -2.28. The molecule has 0 aliphatic rings. The second-order valence-corrected chi connectivity index (χ2v) is 7.46. The van der Waals surface area contributed by atoms with E-state index in [1.54, 1.807) is 0 Å².